The van der Waals surface area contributed by atoms with E-state index in [9.17, 15) is 4.79 Å². The fraction of sp³-hybridized carbons (Fsp3) is 0.519. The number of rotatable bonds is 7. The molecular weight excluding hydrogens is 453 g/mol. The SMILES string of the molecule is CC1CCCN(Cc2cccc(CNC(=O)C3CCCN(Cc4ccc(Cl)c(Cl)c4)C3)c2)C1. The van der Waals surface area contributed by atoms with Crippen molar-refractivity contribution in [2.24, 2.45) is 11.8 Å². The Morgan fingerprint density at radius 2 is 1.61 bits per heavy atom. The van der Waals surface area contributed by atoms with Gasteiger partial charge in [-0.3, -0.25) is 14.6 Å². The second-order valence-electron chi connectivity index (χ2n) is 9.84. The standard InChI is InChI=1S/C27H35Cl2N3O/c1-20-5-3-11-31(16-20)17-22-7-2-6-21(13-22)15-30-27(33)24-8-4-12-32(19-24)18-23-9-10-25(28)26(29)14-23/h2,6-7,9-10,13-14,20,24H,3-5,8,11-12,15-19H2,1H3,(H,30,33). The summed E-state index contributed by atoms with van der Waals surface area (Å²) >= 11 is 12.2. The molecule has 2 fully saturated rings. The first-order valence-corrected chi connectivity index (χ1v) is 13.0. The van der Waals surface area contributed by atoms with Gasteiger partial charge in [0.25, 0.3) is 0 Å². The van der Waals surface area contributed by atoms with E-state index in [0.717, 1.165) is 50.5 Å². The number of carbonyl (C=O) groups is 1. The van der Waals surface area contributed by atoms with Gasteiger partial charge in [0.05, 0.1) is 16.0 Å². The summed E-state index contributed by atoms with van der Waals surface area (Å²) in [5.41, 5.74) is 3.64. The Labute approximate surface area is 208 Å². The summed E-state index contributed by atoms with van der Waals surface area (Å²) in [5.74, 6) is 0.969. The van der Waals surface area contributed by atoms with Gasteiger partial charge in [-0.1, -0.05) is 60.5 Å². The van der Waals surface area contributed by atoms with Gasteiger partial charge >= 0.3 is 0 Å². The highest BCUT2D eigenvalue weighted by atomic mass is 35.5. The zero-order valence-corrected chi connectivity index (χ0v) is 21.0. The normalized spacial score (nSPS) is 22.3. The Morgan fingerprint density at radius 1 is 0.909 bits per heavy atom. The Balaban J connectivity index is 1.27. The first-order valence-electron chi connectivity index (χ1n) is 12.2. The third-order valence-electron chi connectivity index (χ3n) is 6.87. The van der Waals surface area contributed by atoms with Gasteiger partial charge in [-0.15, -0.1) is 0 Å². The van der Waals surface area contributed by atoms with Crippen LogP contribution in [0.2, 0.25) is 10.0 Å². The van der Waals surface area contributed by atoms with Crippen molar-refractivity contribution in [2.45, 2.75) is 52.2 Å². The van der Waals surface area contributed by atoms with Gasteiger partial charge in [-0.2, -0.15) is 0 Å². The lowest BCUT2D eigenvalue weighted by Gasteiger charge is -2.32. The van der Waals surface area contributed by atoms with E-state index in [4.69, 9.17) is 23.2 Å². The fourth-order valence-electron chi connectivity index (χ4n) is 5.17. The molecule has 0 bridgehead atoms. The van der Waals surface area contributed by atoms with Crippen LogP contribution in [0.15, 0.2) is 42.5 Å². The van der Waals surface area contributed by atoms with Gasteiger partial charge in [0.15, 0.2) is 0 Å². The average Bonchev–Trinajstić information content (AvgIpc) is 2.80. The third-order valence-corrected chi connectivity index (χ3v) is 7.61. The Kier molecular flexibility index (Phi) is 8.70. The Hall–Kier alpha value is -1.59. The Morgan fingerprint density at radius 3 is 2.36 bits per heavy atom. The van der Waals surface area contributed by atoms with E-state index in [1.54, 1.807) is 0 Å². The van der Waals surface area contributed by atoms with Gasteiger partial charge in [-0.05, 0) is 73.5 Å². The van der Waals surface area contributed by atoms with Crippen molar-refractivity contribution < 1.29 is 4.79 Å². The fourth-order valence-corrected chi connectivity index (χ4v) is 5.49. The van der Waals surface area contributed by atoms with E-state index < -0.39 is 0 Å². The maximum absolute atomic E-state index is 12.9. The largest absolute Gasteiger partial charge is 0.352 e. The van der Waals surface area contributed by atoms with Crippen LogP contribution in [0.1, 0.15) is 49.3 Å². The van der Waals surface area contributed by atoms with Crippen molar-refractivity contribution in [1.29, 1.82) is 0 Å². The highest BCUT2D eigenvalue weighted by Crippen LogP contribution is 2.25. The van der Waals surface area contributed by atoms with Gasteiger partial charge in [-0.25, -0.2) is 0 Å². The maximum atomic E-state index is 12.9. The lowest BCUT2D eigenvalue weighted by Crippen LogP contribution is -2.42. The zero-order chi connectivity index (χ0) is 23.2. The molecule has 2 heterocycles. The van der Waals surface area contributed by atoms with E-state index in [0.29, 0.717) is 16.6 Å². The molecule has 0 radical (unpaired) electrons. The van der Waals surface area contributed by atoms with Crippen LogP contribution in [0.25, 0.3) is 0 Å². The molecule has 0 aliphatic carbocycles. The molecule has 0 aromatic heterocycles. The van der Waals surface area contributed by atoms with Crippen LogP contribution < -0.4 is 5.32 Å². The van der Waals surface area contributed by atoms with E-state index >= 15 is 0 Å². The highest BCUT2D eigenvalue weighted by Gasteiger charge is 2.25. The van der Waals surface area contributed by atoms with Crippen molar-refractivity contribution in [1.82, 2.24) is 15.1 Å². The first kappa shape index (κ1) is 24.5. The molecule has 4 rings (SSSR count). The quantitative estimate of drug-likeness (QED) is 0.539. The number of nitrogens with one attached hydrogen (secondary N) is 1. The third kappa shape index (κ3) is 7.19. The smallest absolute Gasteiger partial charge is 0.224 e. The minimum atomic E-state index is 0.0274. The summed E-state index contributed by atoms with van der Waals surface area (Å²) in [6.07, 6.45) is 4.61. The monoisotopic (exact) mass is 487 g/mol. The molecule has 0 spiro atoms. The second-order valence-corrected chi connectivity index (χ2v) is 10.7. The van der Waals surface area contributed by atoms with E-state index in [-0.39, 0.29) is 11.8 Å². The van der Waals surface area contributed by atoms with Crippen molar-refractivity contribution in [3.8, 4) is 0 Å². The minimum absolute atomic E-state index is 0.0274. The summed E-state index contributed by atoms with van der Waals surface area (Å²) < 4.78 is 0. The number of piperidine rings is 2. The van der Waals surface area contributed by atoms with Crippen LogP contribution in [-0.2, 0) is 24.4 Å². The molecule has 178 valence electrons. The van der Waals surface area contributed by atoms with E-state index in [1.165, 1.54) is 37.1 Å². The molecule has 4 nitrogen and oxygen atoms in total. The molecule has 1 amide bonds. The lowest BCUT2D eigenvalue weighted by molar-refractivity contribution is -0.126. The highest BCUT2D eigenvalue weighted by molar-refractivity contribution is 6.42. The summed E-state index contributed by atoms with van der Waals surface area (Å²) in [5, 5.41) is 4.35. The van der Waals surface area contributed by atoms with Crippen LogP contribution in [0.3, 0.4) is 0 Å². The van der Waals surface area contributed by atoms with Gasteiger partial charge in [0, 0.05) is 32.7 Å². The van der Waals surface area contributed by atoms with Crippen LogP contribution in [0, 0.1) is 11.8 Å². The van der Waals surface area contributed by atoms with Crippen molar-refractivity contribution in [3.63, 3.8) is 0 Å². The number of amides is 1. The second kappa shape index (κ2) is 11.7. The van der Waals surface area contributed by atoms with Crippen molar-refractivity contribution >= 4 is 29.1 Å². The molecule has 2 unspecified atom stereocenters. The van der Waals surface area contributed by atoms with Crippen molar-refractivity contribution in [2.75, 3.05) is 26.2 Å². The molecule has 0 saturated carbocycles. The lowest BCUT2D eigenvalue weighted by atomic mass is 9.96. The number of nitrogens with zero attached hydrogens (tertiary/aromatic N) is 2. The first-order chi connectivity index (χ1) is 16.0. The molecule has 1 N–H and O–H groups in total. The summed E-state index contributed by atoms with van der Waals surface area (Å²) in [4.78, 5) is 17.8. The molecule has 2 aromatic carbocycles. The maximum Gasteiger partial charge on any atom is 0.224 e. The van der Waals surface area contributed by atoms with Gasteiger partial charge in [0.2, 0.25) is 5.91 Å². The number of benzene rings is 2. The average molecular weight is 489 g/mol. The van der Waals surface area contributed by atoms with Gasteiger partial charge < -0.3 is 5.32 Å². The van der Waals surface area contributed by atoms with Gasteiger partial charge in [0.1, 0.15) is 0 Å². The molecule has 2 aliphatic rings. The molecule has 2 saturated heterocycles. The molecule has 6 heteroatoms. The molecule has 2 atom stereocenters. The number of likely N-dealkylation sites (tertiary alicyclic amines) is 2. The molecule has 2 aliphatic heterocycles. The number of halogens is 2. The number of hydrogen-bond donors (Lipinski definition) is 1. The predicted octanol–water partition coefficient (Wildman–Crippen LogP) is 5.75. The summed E-state index contributed by atoms with van der Waals surface area (Å²) in [6.45, 7) is 8.87. The molecule has 2 aromatic rings. The molecular formula is C27H35Cl2N3O. The van der Waals surface area contributed by atoms with Crippen molar-refractivity contribution in [3.05, 3.63) is 69.2 Å². The summed E-state index contributed by atoms with van der Waals surface area (Å²) in [7, 11) is 0. The molecule has 33 heavy (non-hydrogen) atoms. The van der Waals surface area contributed by atoms with E-state index in [1.807, 2.05) is 18.2 Å². The topological polar surface area (TPSA) is 35.6 Å². The zero-order valence-electron chi connectivity index (χ0n) is 19.5. The number of hydrogen-bond acceptors (Lipinski definition) is 3. The Bertz CT molecular complexity index is 951. The summed E-state index contributed by atoms with van der Waals surface area (Å²) in [6, 6.07) is 14.4. The number of carbonyl (C=O) groups excluding carboxylic acids is 1. The predicted molar refractivity (Wildman–Crippen MR) is 136 cm³/mol. The van der Waals surface area contributed by atoms with E-state index in [2.05, 4.69) is 46.3 Å². The van der Waals surface area contributed by atoms with Crippen LogP contribution in [0.5, 0.6) is 0 Å². The minimum Gasteiger partial charge on any atom is -0.352 e. The van der Waals surface area contributed by atoms with Crippen LogP contribution in [-0.4, -0.2) is 41.9 Å². The van der Waals surface area contributed by atoms with Crippen LogP contribution >= 0.6 is 23.2 Å². The van der Waals surface area contributed by atoms with Crippen LogP contribution in [0.4, 0.5) is 0 Å².